The Morgan fingerprint density at radius 3 is 3.00 bits per heavy atom. The smallest absolute Gasteiger partial charge is 0.222 e. The largest absolute Gasteiger partial charge is 0.397 e. The lowest BCUT2D eigenvalue weighted by atomic mass is 9.97. The predicted octanol–water partition coefficient (Wildman–Crippen LogP) is 1.44. The third-order valence-electron chi connectivity index (χ3n) is 3.41. The second-order valence-electron chi connectivity index (χ2n) is 4.66. The summed E-state index contributed by atoms with van der Waals surface area (Å²) in [4.78, 5) is 17.7. The molecule has 1 unspecified atom stereocenters. The zero-order chi connectivity index (χ0) is 13.3. The molecule has 18 heavy (non-hydrogen) atoms. The maximum atomic E-state index is 11.3. The Kier molecular flexibility index (Phi) is 3.75. The first-order valence-electron chi connectivity index (χ1n) is 5.95. The topological polar surface area (TPSA) is 85.2 Å². The van der Waals surface area contributed by atoms with Crippen molar-refractivity contribution in [2.75, 3.05) is 23.7 Å². The minimum atomic E-state index is -0.233. The van der Waals surface area contributed by atoms with E-state index in [1.165, 1.54) is 0 Å². The van der Waals surface area contributed by atoms with E-state index in [-0.39, 0.29) is 11.8 Å². The number of halogens is 1. The third kappa shape index (κ3) is 2.43. The third-order valence-corrected chi connectivity index (χ3v) is 4.36. The van der Waals surface area contributed by atoms with E-state index in [2.05, 4.69) is 25.8 Å². The number of hydrogen-bond acceptors (Lipinski definition) is 4. The summed E-state index contributed by atoms with van der Waals surface area (Å²) in [5.74, 6) is 0.515. The molecule has 1 aliphatic heterocycles. The molecule has 0 aliphatic carbocycles. The van der Waals surface area contributed by atoms with Crippen LogP contribution in [0, 0.1) is 12.8 Å². The number of aromatic nitrogens is 1. The van der Waals surface area contributed by atoms with E-state index in [1.807, 2.05) is 6.92 Å². The van der Waals surface area contributed by atoms with Gasteiger partial charge in [-0.2, -0.15) is 0 Å². The van der Waals surface area contributed by atoms with Gasteiger partial charge in [0.05, 0.1) is 22.3 Å². The number of nitrogens with two attached hydrogens (primary N) is 2. The van der Waals surface area contributed by atoms with Crippen molar-refractivity contribution in [1.29, 1.82) is 0 Å². The summed E-state index contributed by atoms with van der Waals surface area (Å²) in [6.45, 7) is 3.46. The fourth-order valence-corrected chi connectivity index (χ4v) is 2.78. The fourth-order valence-electron chi connectivity index (χ4n) is 2.20. The van der Waals surface area contributed by atoms with Crippen molar-refractivity contribution in [2.24, 2.45) is 11.7 Å². The van der Waals surface area contributed by atoms with Gasteiger partial charge < -0.3 is 16.4 Å². The standard InChI is InChI=1S/C12H17BrN4O/c1-7-9(14)5-16-12(10(7)13)17-4-2-3-8(6-17)11(15)18/h5,8H,2-4,6,14H2,1H3,(H2,15,18). The molecule has 0 radical (unpaired) electrons. The van der Waals surface area contributed by atoms with Crippen LogP contribution in [0.5, 0.6) is 0 Å². The predicted molar refractivity (Wildman–Crippen MR) is 75.2 cm³/mol. The second-order valence-corrected chi connectivity index (χ2v) is 5.46. The van der Waals surface area contributed by atoms with Crippen molar-refractivity contribution in [2.45, 2.75) is 19.8 Å². The Morgan fingerprint density at radius 1 is 1.61 bits per heavy atom. The van der Waals surface area contributed by atoms with Crippen LogP contribution < -0.4 is 16.4 Å². The van der Waals surface area contributed by atoms with Crippen LogP contribution in [-0.2, 0) is 4.79 Å². The summed E-state index contributed by atoms with van der Waals surface area (Å²) in [7, 11) is 0. The maximum absolute atomic E-state index is 11.3. The van der Waals surface area contributed by atoms with Crippen LogP contribution in [0.3, 0.4) is 0 Å². The molecule has 1 fully saturated rings. The molecule has 1 aromatic rings. The first-order chi connectivity index (χ1) is 8.50. The van der Waals surface area contributed by atoms with Crippen LogP contribution in [0.4, 0.5) is 11.5 Å². The number of nitrogens with zero attached hydrogens (tertiary/aromatic N) is 2. The first-order valence-corrected chi connectivity index (χ1v) is 6.75. The van der Waals surface area contributed by atoms with Gasteiger partial charge >= 0.3 is 0 Å². The second kappa shape index (κ2) is 5.14. The zero-order valence-electron chi connectivity index (χ0n) is 10.3. The molecule has 98 valence electrons. The molecule has 4 N–H and O–H groups in total. The highest BCUT2D eigenvalue weighted by atomic mass is 79.9. The summed E-state index contributed by atoms with van der Waals surface area (Å²) < 4.78 is 0.896. The molecule has 1 amide bonds. The van der Waals surface area contributed by atoms with Crippen molar-refractivity contribution >= 4 is 33.3 Å². The SMILES string of the molecule is Cc1c(N)cnc(N2CCCC(C(N)=O)C2)c1Br. The van der Waals surface area contributed by atoms with Crippen molar-refractivity contribution < 1.29 is 4.79 Å². The molecule has 1 aliphatic rings. The van der Waals surface area contributed by atoms with E-state index < -0.39 is 0 Å². The Balaban J connectivity index is 2.26. The highest BCUT2D eigenvalue weighted by molar-refractivity contribution is 9.10. The van der Waals surface area contributed by atoms with Crippen LogP contribution in [0.2, 0.25) is 0 Å². The Labute approximate surface area is 115 Å². The van der Waals surface area contributed by atoms with Crippen LogP contribution in [0.1, 0.15) is 18.4 Å². The number of piperidine rings is 1. The fraction of sp³-hybridized carbons (Fsp3) is 0.500. The molecule has 1 saturated heterocycles. The van der Waals surface area contributed by atoms with E-state index >= 15 is 0 Å². The number of pyridine rings is 1. The van der Waals surface area contributed by atoms with Gasteiger partial charge in [0.15, 0.2) is 0 Å². The van der Waals surface area contributed by atoms with Crippen molar-refractivity contribution in [3.05, 3.63) is 16.2 Å². The van der Waals surface area contributed by atoms with Crippen LogP contribution in [0.15, 0.2) is 10.7 Å². The lowest BCUT2D eigenvalue weighted by molar-refractivity contribution is -0.122. The number of hydrogen-bond donors (Lipinski definition) is 2. The molecule has 2 rings (SSSR count). The van der Waals surface area contributed by atoms with Gasteiger partial charge in [-0.25, -0.2) is 4.98 Å². The van der Waals surface area contributed by atoms with Gasteiger partial charge in [0, 0.05) is 13.1 Å². The molecule has 0 aromatic carbocycles. The van der Waals surface area contributed by atoms with Crippen LogP contribution >= 0.6 is 15.9 Å². The monoisotopic (exact) mass is 312 g/mol. The number of carbonyl (C=O) groups excluding carboxylic acids is 1. The zero-order valence-corrected chi connectivity index (χ0v) is 11.9. The van der Waals surface area contributed by atoms with Crippen LogP contribution in [0.25, 0.3) is 0 Å². The van der Waals surface area contributed by atoms with Gasteiger partial charge in [-0.3, -0.25) is 4.79 Å². The quantitative estimate of drug-likeness (QED) is 0.865. The number of anilines is 2. The Morgan fingerprint density at radius 2 is 2.33 bits per heavy atom. The summed E-state index contributed by atoms with van der Waals surface area (Å²) >= 11 is 3.52. The van der Waals surface area contributed by atoms with Gasteiger partial charge in [0.1, 0.15) is 5.82 Å². The molecule has 0 bridgehead atoms. The first kappa shape index (κ1) is 13.1. The molecule has 0 saturated carbocycles. The molecular formula is C12H17BrN4O. The van der Waals surface area contributed by atoms with E-state index in [9.17, 15) is 4.79 Å². The number of rotatable bonds is 2. The Hall–Kier alpha value is -1.30. The van der Waals surface area contributed by atoms with Gasteiger partial charge in [-0.15, -0.1) is 0 Å². The molecule has 1 atom stereocenters. The highest BCUT2D eigenvalue weighted by Crippen LogP contribution is 2.32. The molecule has 0 spiro atoms. The summed E-state index contributed by atoms with van der Waals surface area (Å²) in [5.41, 5.74) is 12.8. The lowest BCUT2D eigenvalue weighted by Gasteiger charge is -2.33. The average Bonchev–Trinajstić information content (AvgIpc) is 2.36. The molecule has 2 heterocycles. The minimum Gasteiger partial charge on any atom is -0.397 e. The van der Waals surface area contributed by atoms with Gasteiger partial charge in [0.25, 0.3) is 0 Å². The normalized spacial score (nSPS) is 19.9. The number of carbonyl (C=O) groups is 1. The van der Waals surface area contributed by atoms with Crippen molar-refractivity contribution in [3.8, 4) is 0 Å². The van der Waals surface area contributed by atoms with Crippen molar-refractivity contribution in [3.63, 3.8) is 0 Å². The summed E-state index contributed by atoms with van der Waals surface area (Å²) in [5, 5.41) is 0. The highest BCUT2D eigenvalue weighted by Gasteiger charge is 2.26. The van der Waals surface area contributed by atoms with E-state index in [4.69, 9.17) is 11.5 Å². The minimum absolute atomic E-state index is 0.0923. The summed E-state index contributed by atoms with van der Waals surface area (Å²) in [6, 6.07) is 0. The number of primary amides is 1. The lowest BCUT2D eigenvalue weighted by Crippen LogP contribution is -2.41. The number of amides is 1. The van der Waals surface area contributed by atoms with Gasteiger partial charge in [-0.05, 0) is 41.3 Å². The molecular weight excluding hydrogens is 296 g/mol. The maximum Gasteiger partial charge on any atom is 0.222 e. The van der Waals surface area contributed by atoms with Gasteiger partial charge in [-0.1, -0.05) is 0 Å². The number of nitrogen functional groups attached to an aromatic ring is 1. The van der Waals surface area contributed by atoms with E-state index in [0.717, 1.165) is 35.2 Å². The van der Waals surface area contributed by atoms with E-state index in [1.54, 1.807) is 6.20 Å². The van der Waals surface area contributed by atoms with Gasteiger partial charge in [0.2, 0.25) is 5.91 Å². The Bertz CT molecular complexity index is 477. The summed E-state index contributed by atoms with van der Waals surface area (Å²) in [6.07, 6.45) is 3.46. The molecule has 6 heteroatoms. The van der Waals surface area contributed by atoms with Crippen molar-refractivity contribution in [1.82, 2.24) is 4.98 Å². The van der Waals surface area contributed by atoms with Crippen LogP contribution in [-0.4, -0.2) is 24.0 Å². The van der Waals surface area contributed by atoms with E-state index in [0.29, 0.717) is 12.2 Å². The average molecular weight is 313 g/mol. The molecule has 1 aromatic heterocycles. The molecule has 5 nitrogen and oxygen atoms in total.